The highest BCUT2D eigenvalue weighted by Crippen LogP contribution is 2.24. The Labute approximate surface area is 130 Å². The zero-order chi connectivity index (χ0) is 16.4. The SMILES string of the molecule is CC(S)CC(O)(C=O)CCCCCCCCCC(F)(F)F. The van der Waals surface area contributed by atoms with E-state index in [1.54, 1.807) is 0 Å². The molecule has 0 fully saturated rings. The van der Waals surface area contributed by atoms with Crippen molar-refractivity contribution in [3.63, 3.8) is 0 Å². The molecular formula is C15H27F3O2S. The van der Waals surface area contributed by atoms with Crippen molar-refractivity contribution in [2.75, 3.05) is 0 Å². The second-order valence-electron chi connectivity index (χ2n) is 5.86. The number of unbranched alkanes of at least 4 members (excludes halogenated alkanes) is 6. The highest BCUT2D eigenvalue weighted by atomic mass is 32.1. The van der Waals surface area contributed by atoms with Gasteiger partial charge in [-0.1, -0.05) is 45.4 Å². The standard InChI is InChI=1S/C15H27F3O2S/c1-13(21)11-14(20,12-19)9-7-5-3-2-4-6-8-10-15(16,17)18/h12-13,20-21H,2-11H2,1H3. The van der Waals surface area contributed by atoms with Gasteiger partial charge in [-0.05, 0) is 19.3 Å². The van der Waals surface area contributed by atoms with Gasteiger partial charge in [-0.3, -0.25) is 0 Å². The molecule has 0 aliphatic heterocycles. The van der Waals surface area contributed by atoms with Crippen molar-refractivity contribution in [3.05, 3.63) is 0 Å². The molecule has 6 heteroatoms. The van der Waals surface area contributed by atoms with E-state index in [0.29, 0.717) is 25.5 Å². The van der Waals surface area contributed by atoms with E-state index in [1.807, 2.05) is 6.92 Å². The van der Waals surface area contributed by atoms with Crippen LogP contribution in [0, 0.1) is 0 Å². The highest BCUT2D eigenvalue weighted by molar-refractivity contribution is 7.80. The van der Waals surface area contributed by atoms with Gasteiger partial charge in [0.05, 0.1) is 0 Å². The summed E-state index contributed by atoms with van der Waals surface area (Å²) in [6.07, 6.45) is 1.71. The molecule has 0 aromatic rings. The first-order chi connectivity index (χ1) is 9.68. The fourth-order valence-electron chi connectivity index (χ4n) is 2.36. The minimum Gasteiger partial charge on any atom is -0.382 e. The zero-order valence-corrected chi connectivity index (χ0v) is 13.6. The molecule has 126 valence electrons. The Morgan fingerprint density at radius 2 is 1.43 bits per heavy atom. The lowest BCUT2D eigenvalue weighted by Gasteiger charge is -2.23. The van der Waals surface area contributed by atoms with Crippen LogP contribution in [0.1, 0.15) is 71.1 Å². The molecule has 2 unspecified atom stereocenters. The summed E-state index contributed by atoms with van der Waals surface area (Å²) in [5.74, 6) is 0. The molecule has 0 aromatic carbocycles. The van der Waals surface area contributed by atoms with Gasteiger partial charge >= 0.3 is 6.18 Å². The normalized spacial score (nSPS) is 16.5. The summed E-state index contributed by atoms with van der Waals surface area (Å²) in [7, 11) is 0. The summed E-state index contributed by atoms with van der Waals surface area (Å²) in [6, 6.07) is 0. The topological polar surface area (TPSA) is 37.3 Å². The number of hydrogen-bond donors (Lipinski definition) is 2. The summed E-state index contributed by atoms with van der Waals surface area (Å²) in [4.78, 5) is 10.9. The van der Waals surface area contributed by atoms with Crippen molar-refractivity contribution in [2.24, 2.45) is 0 Å². The number of aliphatic hydroxyl groups is 1. The Morgan fingerprint density at radius 1 is 1.00 bits per heavy atom. The molecule has 2 atom stereocenters. The third-order valence-electron chi connectivity index (χ3n) is 3.44. The van der Waals surface area contributed by atoms with Crippen LogP contribution in [0.15, 0.2) is 0 Å². The van der Waals surface area contributed by atoms with Gasteiger partial charge in [0, 0.05) is 11.7 Å². The average molecular weight is 328 g/mol. The second kappa shape index (κ2) is 10.5. The highest BCUT2D eigenvalue weighted by Gasteiger charge is 2.27. The Hall–Kier alpha value is -0.230. The third-order valence-corrected chi connectivity index (χ3v) is 3.62. The first-order valence-electron chi connectivity index (χ1n) is 7.62. The Bertz CT molecular complexity index is 283. The Kier molecular flexibility index (Phi) is 10.4. The average Bonchev–Trinajstić information content (AvgIpc) is 2.34. The van der Waals surface area contributed by atoms with E-state index in [-0.39, 0.29) is 11.7 Å². The summed E-state index contributed by atoms with van der Waals surface area (Å²) in [5, 5.41) is 9.98. The molecule has 1 N–H and O–H groups in total. The fourth-order valence-corrected chi connectivity index (χ4v) is 2.68. The van der Waals surface area contributed by atoms with Crippen LogP contribution in [-0.2, 0) is 4.79 Å². The van der Waals surface area contributed by atoms with E-state index in [4.69, 9.17) is 0 Å². The van der Waals surface area contributed by atoms with Crippen LogP contribution >= 0.6 is 12.6 Å². The predicted octanol–water partition coefficient (Wildman–Crippen LogP) is 4.70. The van der Waals surface area contributed by atoms with Crippen LogP contribution in [-0.4, -0.2) is 28.4 Å². The first-order valence-corrected chi connectivity index (χ1v) is 8.14. The molecule has 0 heterocycles. The van der Waals surface area contributed by atoms with Crippen molar-refractivity contribution >= 4 is 18.9 Å². The van der Waals surface area contributed by atoms with Crippen LogP contribution in [0.5, 0.6) is 0 Å². The molecule has 21 heavy (non-hydrogen) atoms. The summed E-state index contributed by atoms with van der Waals surface area (Å²) in [5.41, 5.74) is -1.28. The molecule has 0 bridgehead atoms. The Morgan fingerprint density at radius 3 is 1.81 bits per heavy atom. The van der Waals surface area contributed by atoms with Gasteiger partial charge in [0.25, 0.3) is 0 Å². The zero-order valence-electron chi connectivity index (χ0n) is 12.7. The van der Waals surface area contributed by atoms with Crippen molar-refractivity contribution in [2.45, 2.75) is 88.2 Å². The summed E-state index contributed by atoms with van der Waals surface area (Å²) in [6.45, 7) is 1.83. The van der Waals surface area contributed by atoms with Crippen LogP contribution in [0.4, 0.5) is 13.2 Å². The third kappa shape index (κ3) is 13.2. The number of rotatable bonds is 12. The van der Waals surface area contributed by atoms with Crippen molar-refractivity contribution in [3.8, 4) is 0 Å². The van der Waals surface area contributed by atoms with Gasteiger partial charge in [0.1, 0.15) is 5.60 Å². The van der Waals surface area contributed by atoms with Crippen molar-refractivity contribution in [1.82, 2.24) is 0 Å². The molecule has 0 radical (unpaired) electrons. The molecule has 0 saturated heterocycles. The smallest absolute Gasteiger partial charge is 0.382 e. The van der Waals surface area contributed by atoms with Crippen molar-refractivity contribution in [1.29, 1.82) is 0 Å². The number of carbonyl (C=O) groups excluding carboxylic acids is 1. The van der Waals surface area contributed by atoms with Crippen LogP contribution in [0.25, 0.3) is 0 Å². The molecular weight excluding hydrogens is 301 g/mol. The van der Waals surface area contributed by atoms with E-state index in [2.05, 4.69) is 12.6 Å². The number of aldehydes is 1. The van der Waals surface area contributed by atoms with Crippen molar-refractivity contribution < 1.29 is 23.1 Å². The number of hydrogen-bond acceptors (Lipinski definition) is 3. The van der Waals surface area contributed by atoms with Gasteiger partial charge in [-0.25, -0.2) is 0 Å². The number of thiol groups is 1. The van der Waals surface area contributed by atoms with E-state index >= 15 is 0 Å². The van der Waals surface area contributed by atoms with Crippen LogP contribution in [0.3, 0.4) is 0 Å². The number of halogens is 3. The molecule has 0 aromatic heterocycles. The molecule has 0 spiro atoms. The minimum atomic E-state index is -4.04. The maximum Gasteiger partial charge on any atom is 0.389 e. The Balaban J connectivity index is 3.53. The van der Waals surface area contributed by atoms with E-state index < -0.39 is 18.2 Å². The van der Waals surface area contributed by atoms with Gasteiger partial charge in [0.15, 0.2) is 6.29 Å². The maximum absolute atomic E-state index is 11.9. The van der Waals surface area contributed by atoms with E-state index in [9.17, 15) is 23.1 Å². The molecule has 2 nitrogen and oxygen atoms in total. The largest absolute Gasteiger partial charge is 0.389 e. The summed E-state index contributed by atoms with van der Waals surface area (Å²) < 4.78 is 35.7. The van der Waals surface area contributed by atoms with Crippen LogP contribution < -0.4 is 0 Å². The molecule has 0 rings (SSSR count). The monoisotopic (exact) mass is 328 g/mol. The minimum absolute atomic E-state index is 0.0335. The van der Waals surface area contributed by atoms with Gasteiger partial charge < -0.3 is 9.90 Å². The van der Waals surface area contributed by atoms with Gasteiger partial charge in [-0.15, -0.1) is 0 Å². The van der Waals surface area contributed by atoms with Crippen LogP contribution in [0.2, 0.25) is 0 Å². The summed E-state index contributed by atoms with van der Waals surface area (Å²) >= 11 is 4.18. The quantitative estimate of drug-likeness (QED) is 0.310. The van der Waals surface area contributed by atoms with E-state index in [1.165, 1.54) is 0 Å². The number of carbonyl (C=O) groups is 1. The molecule has 0 aliphatic rings. The lowest BCUT2D eigenvalue weighted by molar-refractivity contribution is -0.135. The molecule has 0 amide bonds. The first kappa shape index (κ1) is 20.8. The molecule has 0 aliphatic carbocycles. The van der Waals surface area contributed by atoms with Gasteiger partial charge in [-0.2, -0.15) is 25.8 Å². The lowest BCUT2D eigenvalue weighted by atomic mass is 9.92. The maximum atomic E-state index is 11.9. The predicted molar refractivity (Wildman–Crippen MR) is 81.7 cm³/mol. The lowest BCUT2D eigenvalue weighted by Crippen LogP contribution is -2.33. The molecule has 0 saturated carbocycles. The second-order valence-corrected chi connectivity index (χ2v) is 6.75. The van der Waals surface area contributed by atoms with Gasteiger partial charge in [0.2, 0.25) is 0 Å². The fraction of sp³-hybridized carbons (Fsp3) is 0.933. The van der Waals surface area contributed by atoms with E-state index in [0.717, 1.165) is 32.1 Å². The number of alkyl halides is 3.